The lowest BCUT2D eigenvalue weighted by molar-refractivity contribution is -0.388. The molecule has 260 valence electrons. The van der Waals surface area contributed by atoms with Crippen LogP contribution in [0, 0.1) is 34.1 Å². The Hall–Kier alpha value is -5.18. The number of nitrogens with zero attached hydrogens (tertiary/aromatic N) is 4. The van der Waals surface area contributed by atoms with E-state index in [1.165, 1.54) is 43.0 Å². The number of sulfone groups is 1. The van der Waals surface area contributed by atoms with Gasteiger partial charge < -0.3 is 22.9 Å². The fraction of sp³-hybridized carbons (Fsp3) is 0.0667. The molecule has 0 aliphatic heterocycles. The van der Waals surface area contributed by atoms with Gasteiger partial charge in [0.15, 0.2) is 11.9 Å². The first-order valence-corrected chi connectivity index (χ1v) is 17.5. The van der Waals surface area contributed by atoms with Crippen molar-refractivity contribution in [3.8, 4) is 0 Å². The number of aliphatic imine (C=N–C) groups is 2. The van der Waals surface area contributed by atoms with Gasteiger partial charge >= 0.3 is 0 Å². The quantitative estimate of drug-likeness (QED) is 0.0774. The third-order valence-electron chi connectivity index (χ3n) is 6.40. The Morgan fingerprint density at radius 1 is 0.680 bits per heavy atom. The van der Waals surface area contributed by atoms with Crippen LogP contribution in [0.1, 0.15) is 31.8 Å². The molecule has 16 nitrogen and oxygen atoms in total. The summed E-state index contributed by atoms with van der Waals surface area (Å²) in [5.41, 5.74) is 20.4. The highest BCUT2D eigenvalue weighted by atomic mass is 79.9. The van der Waals surface area contributed by atoms with Crippen molar-refractivity contribution in [3.05, 3.63) is 124 Å². The molecule has 50 heavy (non-hydrogen) atoms. The number of halogens is 2. The van der Waals surface area contributed by atoms with Gasteiger partial charge in [-0.3, -0.25) is 29.8 Å². The number of hydrogen-bond acceptors (Lipinski definition) is 9. The zero-order valence-electron chi connectivity index (χ0n) is 25.9. The standard InChI is InChI=1S/C15H13BrN4O5S.C15H13BrN4O3S/c1-8-6-13(26(24,25)12-5-3-2-4-10(12)16)11(20(22)23)7-9(8)14(21)19-15(17)18;1-8-6-13(24-12-5-3-2-4-10(12)16)11(20(22)23)7-9(8)14(21)19-15(17)18/h2-7H,1H3,(H4,17,18,19,21);2-7H,1H3,(H4,17,18,19,21). The average Bonchev–Trinajstić information content (AvgIpc) is 3.01. The summed E-state index contributed by atoms with van der Waals surface area (Å²) in [5.74, 6) is -2.53. The number of benzene rings is 4. The summed E-state index contributed by atoms with van der Waals surface area (Å²) in [6.45, 7) is 3.10. The highest BCUT2D eigenvalue weighted by molar-refractivity contribution is 9.10. The molecule has 0 saturated heterocycles. The number of rotatable bonds is 8. The van der Waals surface area contributed by atoms with Crippen LogP contribution in [0.15, 0.2) is 111 Å². The lowest BCUT2D eigenvalue weighted by Gasteiger charge is -2.10. The molecule has 0 atom stereocenters. The minimum Gasteiger partial charge on any atom is -0.370 e. The number of nitrogens with two attached hydrogens (primary N) is 4. The van der Waals surface area contributed by atoms with Crippen molar-refractivity contribution >= 4 is 88.6 Å². The minimum absolute atomic E-state index is 0.0894. The van der Waals surface area contributed by atoms with Gasteiger partial charge in [0.25, 0.3) is 23.2 Å². The van der Waals surface area contributed by atoms with Crippen molar-refractivity contribution in [1.29, 1.82) is 0 Å². The Balaban J connectivity index is 0.000000271. The number of nitro groups is 2. The van der Waals surface area contributed by atoms with Gasteiger partial charge in [-0.15, -0.1) is 0 Å². The second-order valence-electron chi connectivity index (χ2n) is 9.93. The van der Waals surface area contributed by atoms with E-state index in [4.69, 9.17) is 22.9 Å². The number of amides is 2. The number of carbonyl (C=O) groups excluding carboxylic acids is 2. The first-order chi connectivity index (χ1) is 23.3. The molecule has 0 unspecified atom stereocenters. The Morgan fingerprint density at radius 3 is 1.62 bits per heavy atom. The number of hydrogen-bond donors (Lipinski definition) is 4. The third kappa shape index (κ3) is 9.49. The molecule has 0 heterocycles. The maximum atomic E-state index is 12.9. The first kappa shape index (κ1) is 39.3. The predicted molar refractivity (Wildman–Crippen MR) is 194 cm³/mol. The summed E-state index contributed by atoms with van der Waals surface area (Å²) in [6, 6.07) is 18.0. The van der Waals surface area contributed by atoms with Gasteiger partial charge in [-0.1, -0.05) is 36.0 Å². The van der Waals surface area contributed by atoms with E-state index in [2.05, 4.69) is 41.8 Å². The van der Waals surface area contributed by atoms with Crippen LogP contribution in [0.25, 0.3) is 0 Å². The molecule has 0 aliphatic rings. The molecule has 4 aromatic rings. The summed E-state index contributed by atoms with van der Waals surface area (Å²) in [4.78, 5) is 52.7. The molecule has 8 N–H and O–H groups in total. The van der Waals surface area contributed by atoms with Crippen molar-refractivity contribution in [2.24, 2.45) is 32.9 Å². The van der Waals surface area contributed by atoms with Gasteiger partial charge in [-0.25, -0.2) is 8.42 Å². The lowest BCUT2D eigenvalue weighted by atomic mass is 10.1. The SMILES string of the molecule is Cc1cc(S(=O)(=O)c2ccccc2Br)c([N+](=O)[O-])cc1C(=O)N=C(N)N.Cc1cc(Sc2ccccc2Br)c([N+](=O)[O-])cc1C(=O)N=C(N)N. The number of carbonyl (C=O) groups is 2. The van der Waals surface area contributed by atoms with Gasteiger partial charge in [0, 0.05) is 26.0 Å². The summed E-state index contributed by atoms with van der Waals surface area (Å²) in [7, 11) is -4.22. The number of aryl methyl sites for hydroxylation is 2. The van der Waals surface area contributed by atoms with E-state index >= 15 is 0 Å². The summed E-state index contributed by atoms with van der Waals surface area (Å²) in [5, 5.41) is 22.8. The number of nitro benzene ring substituents is 2. The zero-order chi connectivity index (χ0) is 37.5. The Bertz CT molecular complexity index is 2210. The Kier molecular flexibility index (Phi) is 12.9. The topological polar surface area (TPSA) is 283 Å². The van der Waals surface area contributed by atoms with E-state index < -0.39 is 54.0 Å². The van der Waals surface area contributed by atoms with Crippen molar-refractivity contribution in [2.75, 3.05) is 0 Å². The van der Waals surface area contributed by atoms with Gasteiger partial charge in [-0.2, -0.15) is 9.98 Å². The molecule has 4 rings (SSSR count). The van der Waals surface area contributed by atoms with Crippen molar-refractivity contribution in [2.45, 2.75) is 33.4 Å². The van der Waals surface area contributed by atoms with Crippen LogP contribution in [0.4, 0.5) is 11.4 Å². The van der Waals surface area contributed by atoms with E-state index in [0.717, 1.165) is 21.5 Å². The average molecular weight is 851 g/mol. The number of guanidine groups is 2. The highest BCUT2D eigenvalue weighted by Crippen LogP contribution is 2.40. The summed E-state index contributed by atoms with van der Waals surface area (Å²) in [6.07, 6.45) is 0. The van der Waals surface area contributed by atoms with Gasteiger partial charge in [0.05, 0.1) is 30.8 Å². The Morgan fingerprint density at radius 2 is 1.14 bits per heavy atom. The van der Waals surface area contributed by atoms with Gasteiger partial charge in [-0.05, 0) is 93.2 Å². The molecule has 0 radical (unpaired) electrons. The zero-order valence-corrected chi connectivity index (χ0v) is 30.7. The van der Waals surface area contributed by atoms with Gasteiger partial charge in [0.2, 0.25) is 9.84 Å². The fourth-order valence-corrected chi connectivity index (χ4v) is 8.20. The molecule has 0 fully saturated rings. The fourth-order valence-electron chi connectivity index (χ4n) is 4.17. The van der Waals surface area contributed by atoms with Crippen LogP contribution < -0.4 is 22.9 Å². The van der Waals surface area contributed by atoms with Crippen molar-refractivity contribution in [3.63, 3.8) is 0 Å². The molecule has 0 aromatic heterocycles. The van der Waals surface area contributed by atoms with Crippen LogP contribution in [0.5, 0.6) is 0 Å². The summed E-state index contributed by atoms with van der Waals surface area (Å²) < 4.78 is 26.9. The van der Waals surface area contributed by atoms with Crippen LogP contribution in [-0.2, 0) is 9.84 Å². The van der Waals surface area contributed by atoms with E-state index in [1.54, 1.807) is 19.1 Å². The third-order valence-corrected chi connectivity index (χ3v) is 11.3. The molecule has 0 spiro atoms. The molecule has 0 bridgehead atoms. The minimum atomic E-state index is -4.22. The lowest BCUT2D eigenvalue weighted by Crippen LogP contribution is -2.24. The first-order valence-electron chi connectivity index (χ1n) is 13.6. The normalized spacial score (nSPS) is 10.6. The van der Waals surface area contributed by atoms with Crippen LogP contribution >= 0.6 is 43.6 Å². The molecular formula is C30H26Br2N8O8S2. The second-order valence-corrected chi connectivity index (χ2v) is 14.6. The predicted octanol–water partition coefficient (Wildman–Crippen LogP) is 5.14. The maximum Gasteiger partial charge on any atom is 0.289 e. The van der Waals surface area contributed by atoms with E-state index in [-0.39, 0.29) is 31.7 Å². The van der Waals surface area contributed by atoms with Crippen molar-refractivity contribution in [1.82, 2.24) is 0 Å². The highest BCUT2D eigenvalue weighted by Gasteiger charge is 2.31. The van der Waals surface area contributed by atoms with E-state index in [9.17, 15) is 38.2 Å². The van der Waals surface area contributed by atoms with Crippen LogP contribution in [0.3, 0.4) is 0 Å². The van der Waals surface area contributed by atoms with Crippen molar-refractivity contribution < 1.29 is 27.9 Å². The second kappa shape index (κ2) is 16.5. The molecule has 4 aromatic carbocycles. The van der Waals surface area contributed by atoms with Gasteiger partial charge in [0.1, 0.15) is 4.90 Å². The molecular weight excluding hydrogens is 824 g/mol. The monoisotopic (exact) mass is 848 g/mol. The Labute approximate surface area is 305 Å². The molecule has 0 aliphatic carbocycles. The molecule has 0 saturated carbocycles. The van der Waals surface area contributed by atoms with Crippen LogP contribution in [-0.4, -0.2) is 42.0 Å². The largest absolute Gasteiger partial charge is 0.370 e. The summed E-state index contributed by atoms with van der Waals surface area (Å²) >= 11 is 7.77. The maximum absolute atomic E-state index is 12.9. The van der Waals surface area contributed by atoms with Crippen LogP contribution in [0.2, 0.25) is 0 Å². The molecule has 20 heteroatoms. The van der Waals surface area contributed by atoms with E-state index in [1.807, 2.05) is 24.3 Å². The molecule has 2 amide bonds. The van der Waals surface area contributed by atoms with E-state index in [0.29, 0.717) is 10.5 Å². The smallest absolute Gasteiger partial charge is 0.289 e.